The van der Waals surface area contributed by atoms with Gasteiger partial charge >= 0.3 is 5.97 Å². The van der Waals surface area contributed by atoms with E-state index < -0.39 is 0 Å². The number of fused-ring (bicyclic) bond motifs is 3. The number of carbonyl (C=O) groups excluding carboxylic acids is 1. The predicted molar refractivity (Wildman–Crippen MR) is 108 cm³/mol. The van der Waals surface area contributed by atoms with Crippen molar-refractivity contribution in [1.29, 1.82) is 0 Å². The van der Waals surface area contributed by atoms with Gasteiger partial charge in [0.05, 0.1) is 11.0 Å². The van der Waals surface area contributed by atoms with Crippen molar-refractivity contribution in [2.24, 2.45) is 0 Å². The van der Waals surface area contributed by atoms with Gasteiger partial charge in [-0.2, -0.15) is 0 Å². The highest BCUT2D eigenvalue weighted by Crippen LogP contribution is 2.35. The third-order valence-electron chi connectivity index (χ3n) is 6.35. The summed E-state index contributed by atoms with van der Waals surface area (Å²) in [4.78, 5) is 20.2. The van der Waals surface area contributed by atoms with Gasteiger partial charge in [-0.05, 0) is 37.6 Å². The van der Waals surface area contributed by atoms with Crippen LogP contribution in [0, 0.1) is 0 Å². The molecule has 144 valence electrons. The zero-order valence-corrected chi connectivity index (χ0v) is 16.1. The fraction of sp³-hybridized carbons (Fsp3) is 0.391. The van der Waals surface area contributed by atoms with E-state index in [0.29, 0.717) is 24.5 Å². The van der Waals surface area contributed by atoms with Gasteiger partial charge < -0.3 is 14.2 Å². The van der Waals surface area contributed by atoms with Crippen molar-refractivity contribution >= 4 is 17.0 Å². The lowest BCUT2D eigenvalue weighted by Gasteiger charge is -2.35. The highest BCUT2D eigenvalue weighted by molar-refractivity contribution is 5.91. The number of para-hydroxylation sites is 2. The van der Waals surface area contributed by atoms with Crippen LogP contribution in [0.15, 0.2) is 54.6 Å². The first-order valence-corrected chi connectivity index (χ1v) is 10.1. The predicted octanol–water partition coefficient (Wildman–Crippen LogP) is 3.87. The average Bonchev–Trinajstić information content (AvgIpc) is 3.15. The molecule has 0 amide bonds. The van der Waals surface area contributed by atoms with Crippen LogP contribution in [0.5, 0.6) is 0 Å². The lowest BCUT2D eigenvalue weighted by molar-refractivity contribution is -0.00188. The first-order valence-electron chi connectivity index (χ1n) is 10.1. The Morgan fingerprint density at radius 2 is 1.71 bits per heavy atom. The number of ether oxygens (including phenoxy) is 1. The van der Waals surface area contributed by atoms with Crippen molar-refractivity contribution in [3.63, 3.8) is 0 Å². The lowest BCUT2D eigenvalue weighted by atomic mass is 10.0. The lowest BCUT2D eigenvalue weighted by Crippen LogP contribution is -2.43. The molecule has 5 heteroatoms. The van der Waals surface area contributed by atoms with Crippen LogP contribution in [0.1, 0.15) is 41.9 Å². The summed E-state index contributed by atoms with van der Waals surface area (Å²) in [6, 6.07) is 19.1. The minimum absolute atomic E-state index is 0.00816. The maximum atomic E-state index is 13.1. The Bertz CT molecular complexity index is 984. The molecule has 0 aliphatic carbocycles. The molecule has 1 aromatic heterocycles. The van der Waals surface area contributed by atoms with Gasteiger partial charge in [0.25, 0.3) is 0 Å². The van der Waals surface area contributed by atoms with E-state index in [1.807, 2.05) is 47.0 Å². The first kappa shape index (κ1) is 17.4. The SMILES string of the molecule is CN1[C@@H]2CC[C@H]1CC(OC(=O)c1nc3ccccc3n1Cc1ccccc1)C2. The molecule has 3 heterocycles. The van der Waals surface area contributed by atoms with Crippen molar-refractivity contribution in [1.82, 2.24) is 14.5 Å². The van der Waals surface area contributed by atoms with Crippen LogP contribution in [0.2, 0.25) is 0 Å². The average molecular weight is 375 g/mol. The van der Waals surface area contributed by atoms with Gasteiger partial charge in [0.2, 0.25) is 5.82 Å². The second-order valence-corrected chi connectivity index (χ2v) is 8.05. The van der Waals surface area contributed by atoms with Crippen LogP contribution in [-0.2, 0) is 11.3 Å². The Morgan fingerprint density at radius 1 is 1.04 bits per heavy atom. The zero-order chi connectivity index (χ0) is 19.1. The van der Waals surface area contributed by atoms with Crippen LogP contribution in [0.25, 0.3) is 11.0 Å². The van der Waals surface area contributed by atoms with E-state index in [4.69, 9.17) is 4.74 Å². The van der Waals surface area contributed by atoms with Crippen molar-refractivity contribution in [3.05, 3.63) is 66.0 Å². The summed E-state index contributed by atoms with van der Waals surface area (Å²) in [5.74, 6) is 0.0948. The number of rotatable bonds is 4. The molecule has 0 saturated carbocycles. The summed E-state index contributed by atoms with van der Waals surface area (Å²) in [5.41, 5.74) is 2.92. The number of benzene rings is 2. The van der Waals surface area contributed by atoms with Crippen molar-refractivity contribution < 1.29 is 9.53 Å². The van der Waals surface area contributed by atoms with Gasteiger partial charge in [-0.25, -0.2) is 9.78 Å². The van der Waals surface area contributed by atoms with E-state index in [-0.39, 0.29) is 12.1 Å². The summed E-state index contributed by atoms with van der Waals surface area (Å²) in [7, 11) is 2.19. The van der Waals surface area contributed by atoms with Crippen LogP contribution in [0.4, 0.5) is 0 Å². The van der Waals surface area contributed by atoms with Gasteiger partial charge in [0.1, 0.15) is 6.10 Å². The van der Waals surface area contributed by atoms with Crippen LogP contribution >= 0.6 is 0 Å². The topological polar surface area (TPSA) is 47.4 Å². The Morgan fingerprint density at radius 3 is 2.46 bits per heavy atom. The van der Waals surface area contributed by atoms with Crippen LogP contribution < -0.4 is 0 Å². The number of esters is 1. The van der Waals surface area contributed by atoms with Gasteiger partial charge in [0.15, 0.2) is 0 Å². The molecule has 3 atom stereocenters. The first-order chi connectivity index (χ1) is 13.7. The molecule has 2 saturated heterocycles. The zero-order valence-electron chi connectivity index (χ0n) is 16.1. The molecule has 0 N–H and O–H groups in total. The van der Waals surface area contributed by atoms with Gasteiger partial charge in [-0.15, -0.1) is 0 Å². The Balaban J connectivity index is 1.43. The number of piperidine rings is 1. The van der Waals surface area contributed by atoms with Crippen molar-refractivity contribution in [2.75, 3.05) is 7.05 Å². The monoisotopic (exact) mass is 375 g/mol. The van der Waals surface area contributed by atoms with E-state index >= 15 is 0 Å². The number of aromatic nitrogens is 2. The maximum absolute atomic E-state index is 13.1. The second-order valence-electron chi connectivity index (χ2n) is 8.05. The normalized spacial score (nSPS) is 24.5. The van der Waals surface area contributed by atoms with Crippen molar-refractivity contribution in [2.45, 2.75) is 50.4 Å². The minimum Gasteiger partial charge on any atom is -0.456 e. The fourth-order valence-electron chi connectivity index (χ4n) is 4.82. The molecule has 2 aliphatic heterocycles. The van der Waals surface area contributed by atoms with E-state index in [2.05, 4.69) is 29.1 Å². The van der Waals surface area contributed by atoms with Gasteiger partial charge in [0, 0.05) is 31.5 Å². The summed E-state index contributed by atoms with van der Waals surface area (Å²) in [6.07, 6.45) is 4.27. The molecule has 5 nitrogen and oxygen atoms in total. The Hall–Kier alpha value is -2.66. The second kappa shape index (κ2) is 7.06. The fourth-order valence-corrected chi connectivity index (χ4v) is 4.82. The molecule has 2 bridgehead atoms. The van der Waals surface area contributed by atoms with Crippen molar-refractivity contribution in [3.8, 4) is 0 Å². The van der Waals surface area contributed by atoms with Gasteiger partial charge in [-0.1, -0.05) is 42.5 Å². The third kappa shape index (κ3) is 3.10. The molecular weight excluding hydrogens is 350 g/mol. The van der Waals surface area contributed by atoms with E-state index in [1.54, 1.807) is 0 Å². The number of hydrogen-bond acceptors (Lipinski definition) is 4. The quantitative estimate of drug-likeness (QED) is 0.650. The van der Waals surface area contributed by atoms with Gasteiger partial charge in [-0.3, -0.25) is 0 Å². The summed E-state index contributed by atoms with van der Waals surface area (Å²) in [5, 5.41) is 0. The molecule has 2 aromatic carbocycles. The molecule has 3 aromatic rings. The molecular formula is C23H25N3O2. The molecule has 28 heavy (non-hydrogen) atoms. The van der Waals surface area contributed by atoms with E-state index in [0.717, 1.165) is 29.4 Å². The molecule has 2 aliphatic rings. The molecule has 2 fully saturated rings. The number of nitrogens with zero attached hydrogens (tertiary/aromatic N) is 3. The van der Waals surface area contributed by atoms with Crippen LogP contribution in [0.3, 0.4) is 0 Å². The van der Waals surface area contributed by atoms with E-state index in [9.17, 15) is 4.79 Å². The largest absolute Gasteiger partial charge is 0.456 e. The third-order valence-corrected chi connectivity index (χ3v) is 6.35. The Labute approximate surface area is 164 Å². The van der Waals surface area contributed by atoms with Crippen LogP contribution in [-0.4, -0.2) is 45.7 Å². The highest BCUT2D eigenvalue weighted by atomic mass is 16.5. The number of hydrogen-bond donors (Lipinski definition) is 0. The number of imidazole rings is 1. The highest BCUT2D eigenvalue weighted by Gasteiger charge is 2.40. The van der Waals surface area contributed by atoms with E-state index in [1.165, 1.54) is 12.8 Å². The minimum atomic E-state index is -0.305. The standard InChI is InChI=1S/C23H25N3O2/c1-25-17-11-12-18(25)14-19(13-17)28-23(27)22-24-20-9-5-6-10-21(20)26(22)15-16-7-3-2-4-8-16/h2-10,17-19H,11-15H2,1H3/t17-,18+,19?. The smallest absolute Gasteiger partial charge is 0.374 e. The molecule has 0 spiro atoms. The molecule has 1 unspecified atom stereocenters. The molecule has 5 rings (SSSR count). The summed E-state index contributed by atoms with van der Waals surface area (Å²) in [6.45, 7) is 0.602. The number of carbonyl (C=O) groups is 1. The molecule has 0 radical (unpaired) electrons. The maximum Gasteiger partial charge on any atom is 0.374 e. The Kier molecular flexibility index (Phi) is 4.40. The summed E-state index contributed by atoms with van der Waals surface area (Å²) < 4.78 is 7.95. The summed E-state index contributed by atoms with van der Waals surface area (Å²) >= 11 is 0.